The number of nitrogens with one attached hydrogen (secondary N) is 1. The van der Waals surface area contributed by atoms with E-state index >= 15 is 0 Å². The molecule has 0 saturated carbocycles. The summed E-state index contributed by atoms with van der Waals surface area (Å²) in [6, 6.07) is 16.3. The maximum Gasteiger partial charge on any atom is 0.193 e. The Morgan fingerprint density at radius 3 is 2.61 bits per heavy atom. The van der Waals surface area contributed by atoms with E-state index in [-0.39, 0.29) is 24.0 Å². The van der Waals surface area contributed by atoms with Gasteiger partial charge in [-0.25, -0.2) is 4.99 Å². The molecule has 1 aliphatic rings. The smallest absolute Gasteiger partial charge is 0.193 e. The van der Waals surface area contributed by atoms with Crippen LogP contribution in [0.15, 0.2) is 53.5 Å². The highest BCUT2D eigenvalue weighted by Gasteiger charge is 2.15. The lowest BCUT2D eigenvalue weighted by Gasteiger charge is -2.30. The molecular formula is C22H31IN4O. The van der Waals surface area contributed by atoms with Gasteiger partial charge in [-0.15, -0.1) is 24.0 Å². The second-order valence-electron chi connectivity index (χ2n) is 7.31. The van der Waals surface area contributed by atoms with E-state index in [2.05, 4.69) is 46.4 Å². The van der Waals surface area contributed by atoms with Crippen molar-refractivity contribution in [1.29, 1.82) is 0 Å². The number of halogens is 1. The zero-order chi connectivity index (χ0) is 19.1. The third-order valence-corrected chi connectivity index (χ3v) is 5.08. The number of ether oxygens (including phenoxy) is 1. The third-order valence-electron chi connectivity index (χ3n) is 5.08. The van der Waals surface area contributed by atoms with Gasteiger partial charge >= 0.3 is 0 Å². The summed E-state index contributed by atoms with van der Waals surface area (Å²) < 4.78 is 5.33. The van der Waals surface area contributed by atoms with E-state index in [0.29, 0.717) is 12.5 Å². The van der Waals surface area contributed by atoms with E-state index in [1.165, 1.54) is 37.1 Å². The van der Waals surface area contributed by atoms with Gasteiger partial charge in [0, 0.05) is 6.54 Å². The maximum atomic E-state index is 6.05. The molecule has 2 aromatic rings. The van der Waals surface area contributed by atoms with Crippen LogP contribution in [0.1, 0.15) is 30.9 Å². The van der Waals surface area contributed by atoms with Gasteiger partial charge in [-0.2, -0.15) is 0 Å². The van der Waals surface area contributed by atoms with Gasteiger partial charge in [0.15, 0.2) is 5.96 Å². The summed E-state index contributed by atoms with van der Waals surface area (Å²) in [6.07, 6.45) is 2.60. The average Bonchev–Trinajstić information content (AvgIpc) is 2.69. The van der Waals surface area contributed by atoms with E-state index in [1.54, 1.807) is 7.11 Å². The summed E-state index contributed by atoms with van der Waals surface area (Å²) in [4.78, 5) is 7.02. The van der Waals surface area contributed by atoms with Crippen LogP contribution in [0.25, 0.3) is 0 Å². The first kappa shape index (κ1) is 22.5. The number of rotatable bonds is 6. The number of para-hydroxylation sites is 2. The predicted molar refractivity (Wildman–Crippen MR) is 127 cm³/mol. The van der Waals surface area contributed by atoms with Gasteiger partial charge in [0.05, 0.1) is 19.3 Å². The summed E-state index contributed by atoms with van der Waals surface area (Å²) in [7, 11) is 1.64. The number of nitrogens with two attached hydrogens (primary N) is 1. The molecule has 0 bridgehead atoms. The molecule has 28 heavy (non-hydrogen) atoms. The quantitative estimate of drug-likeness (QED) is 0.354. The largest absolute Gasteiger partial charge is 0.495 e. The summed E-state index contributed by atoms with van der Waals surface area (Å²) in [6.45, 7) is 6.30. The van der Waals surface area contributed by atoms with Crippen molar-refractivity contribution in [1.82, 2.24) is 4.90 Å². The van der Waals surface area contributed by atoms with Crippen LogP contribution in [0.3, 0.4) is 0 Å². The third kappa shape index (κ3) is 6.67. The second kappa shape index (κ2) is 11.3. The zero-order valence-corrected chi connectivity index (χ0v) is 19.1. The Kier molecular flexibility index (Phi) is 9.05. The SMILES string of the molecule is COc1ccccc1NC(N)=NCc1cccc(CN2CCC(C)CC2)c1.I. The minimum Gasteiger partial charge on any atom is -0.495 e. The number of guanidine groups is 1. The molecule has 0 atom stereocenters. The fourth-order valence-electron chi connectivity index (χ4n) is 3.41. The van der Waals surface area contributed by atoms with Crippen LogP contribution in [-0.4, -0.2) is 31.1 Å². The monoisotopic (exact) mass is 494 g/mol. The highest BCUT2D eigenvalue weighted by molar-refractivity contribution is 14.0. The molecule has 3 N–H and O–H groups in total. The van der Waals surface area contributed by atoms with Crippen molar-refractivity contribution in [3.05, 3.63) is 59.7 Å². The lowest BCUT2D eigenvalue weighted by molar-refractivity contribution is 0.185. The molecule has 5 nitrogen and oxygen atoms in total. The fourth-order valence-corrected chi connectivity index (χ4v) is 3.41. The van der Waals surface area contributed by atoms with E-state index in [1.807, 2.05) is 24.3 Å². The van der Waals surface area contributed by atoms with Crippen LogP contribution in [0, 0.1) is 5.92 Å². The topological polar surface area (TPSA) is 62.9 Å². The number of hydrogen-bond acceptors (Lipinski definition) is 3. The van der Waals surface area contributed by atoms with E-state index in [4.69, 9.17) is 10.5 Å². The summed E-state index contributed by atoms with van der Waals surface area (Å²) in [5.41, 5.74) is 9.38. The first-order valence-corrected chi connectivity index (χ1v) is 9.64. The van der Waals surface area contributed by atoms with Gasteiger partial charge in [-0.05, 0) is 55.1 Å². The Morgan fingerprint density at radius 2 is 1.86 bits per heavy atom. The number of piperidine rings is 1. The first-order chi connectivity index (χ1) is 13.1. The highest BCUT2D eigenvalue weighted by atomic mass is 127. The molecule has 1 aliphatic heterocycles. The minimum absolute atomic E-state index is 0. The molecule has 1 heterocycles. The lowest BCUT2D eigenvalue weighted by Crippen LogP contribution is -2.32. The molecule has 1 saturated heterocycles. The van der Waals surface area contributed by atoms with Crippen molar-refractivity contribution in [2.45, 2.75) is 32.9 Å². The number of anilines is 1. The predicted octanol–water partition coefficient (Wildman–Crippen LogP) is 4.47. The van der Waals surface area contributed by atoms with Crippen molar-refractivity contribution >= 4 is 35.6 Å². The van der Waals surface area contributed by atoms with Gasteiger partial charge in [-0.3, -0.25) is 4.90 Å². The van der Waals surface area contributed by atoms with Gasteiger partial charge in [0.1, 0.15) is 5.75 Å². The van der Waals surface area contributed by atoms with Crippen molar-refractivity contribution in [2.24, 2.45) is 16.6 Å². The standard InChI is InChI=1S/C22H30N4O.HI/c1-17-10-12-26(13-11-17)16-19-7-5-6-18(14-19)15-24-22(23)25-20-8-3-4-9-21(20)27-2;/h3-9,14,17H,10-13,15-16H2,1-2H3,(H3,23,24,25);1H. The van der Waals surface area contributed by atoms with E-state index in [0.717, 1.165) is 23.9 Å². The van der Waals surface area contributed by atoms with Crippen molar-refractivity contribution in [3.8, 4) is 5.75 Å². The van der Waals surface area contributed by atoms with E-state index in [9.17, 15) is 0 Å². The Labute approximate surface area is 185 Å². The summed E-state index contributed by atoms with van der Waals surface area (Å²) >= 11 is 0. The van der Waals surface area contributed by atoms with Crippen LogP contribution < -0.4 is 15.8 Å². The first-order valence-electron chi connectivity index (χ1n) is 9.64. The fraction of sp³-hybridized carbons (Fsp3) is 0.409. The van der Waals surface area contributed by atoms with Gasteiger partial charge in [0.2, 0.25) is 0 Å². The molecule has 0 aromatic heterocycles. The Hall–Kier alpha value is -1.80. The number of aliphatic imine (C=N–C) groups is 1. The molecule has 6 heteroatoms. The molecule has 152 valence electrons. The Bertz CT molecular complexity index is 773. The normalized spacial score (nSPS) is 15.7. The Morgan fingerprint density at radius 1 is 1.14 bits per heavy atom. The number of likely N-dealkylation sites (tertiary alicyclic amines) is 1. The lowest BCUT2D eigenvalue weighted by atomic mass is 9.98. The molecule has 0 spiro atoms. The average molecular weight is 494 g/mol. The van der Waals surface area contributed by atoms with Crippen LogP contribution in [0.4, 0.5) is 5.69 Å². The highest BCUT2D eigenvalue weighted by Crippen LogP contribution is 2.22. The van der Waals surface area contributed by atoms with Gasteiger partial charge < -0.3 is 15.8 Å². The molecule has 0 unspecified atom stereocenters. The van der Waals surface area contributed by atoms with Crippen LogP contribution in [0.5, 0.6) is 5.75 Å². The van der Waals surface area contributed by atoms with Crippen LogP contribution in [0.2, 0.25) is 0 Å². The van der Waals surface area contributed by atoms with Crippen LogP contribution in [-0.2, 0) is 13.1 Å². The van der Waals surface area contributed by atoms with Crippen molar-refractivity contribution in [3.63, 3.8) is 0 Å². The molecular weight excluding hydrogens is 463 g/mol. The van der Waals surface area contributed by atoms with Gasteiger partial charge in [0.25, 0.3) is 0 Å². The summed E-state index contributed by atoms with van der Waals surface area (Å²) in [5.74, 6) is 1.99. The zero-order valence-electron chi connectivity index (χ0n) is 16.7. The number of hydrogen-bond donors (Lipinski definition) is 2. The minimum atomic E-state index is 0. The molecule has 0 aliphatic carbocycles. The molecule has 2 aromatic carbocycles. The molecule has 0 radical (unpaired) electrons. The number of methoxy groups -OCH3 is 1. The van der Waals surface area contributed by atoms with Gasteiger partial charge in [-0.1, -0.05) is 43.3 Å². The van der Waals surface area contributed by atoms with Crippen molar-refractivity contribution < 1.29 is 4.74 Å². The molecule has 0 amide bonds. The summed E-state index contributed by atoms with van der Waals surface area (Å²) in [5, 5.41) is 3.11. The second-order valence-corrected chi connectivity index (χ2v) is 7.31. The van der Waals surface area contributed by atoms with Crippen molar-refractivity contribution in [2.75, 3.05) is 25.5 Å². The van der Waals surface area contributed by atoms with E-state index < -0.39 is 0 Å². The van der Waals surface area contributed by atoms with Crippen LogP contribution >= 0.6 is 24.0 Å². The molecule has 3 rings (SSSR count). The number of benzene rings is 2. The maximum absolute atomic E-state index is 6.05. The number of nitrogens with zero attached hydrogens (tertiary/aromatic N) is 2. The molecule has 1 fully saturated rings. The Balaban J connectivity index is 0.00000280.